The highest BCUT2D eigenvalue weighted by atomic mass is 32.2. The predicted octanol–water partition coefficient (Wildman–Crippen LogP) is 2.27. The van der Waals surface area contributed by atoms with Gasteiger partial charge in [0.1, 0.15) is 0 Å². The molecule has 2 aromatic heterocycles. The number of nitrogens with one attached hydrogen (secondary N) is 4. The van der Waals surface area contributed by atoms with Crippen molar-refractivity contribution in [2.24, 2.45) is 11.8 Å². The molecule has 11 heteroatoms. The molecule has 5 heterocycles. The van der Waals surface area contributed by atoms with Gasteiger partial charge in [0.15, 0.2) is 17.3 Å². The number of thiol groups is 1. The number of aliphatic carboxylic acids is 1. The molecule has 2 fully saturated rings. The highest BCUT2D eigenvalue weighted by Crippen LogP contribution is 2.38. The molecule has 3 aliphatic rings. The summed E-state index contributed by atoms with van der Waals surface area (Å²) in [6.45, 7) is 11.6. The van der Waals surface area contributed by atoms with Crippen molar-refractivity contribution in [3.63, 3.8) is 0 Å². The van der Waals surface area contributed by atoms with Crippen LogP contribution in [0.5, 0.6) is 0 Å². The van der Waals surface area contributed by atoms with Crippen LogP contribution in [0.25, 0.3) is 6.08 Å². The first-order valence-electron chi connectivity index (χ1n) is 15.2. The fourth-order valence-electron chi connectivity index (χ4n) is 6.75. The van der Waals surface area contributed by atoms with Crippen molar-refractivity contribution >= 4 is 35.6 Å². The monoisotopic (exact) mass is 623 g/mol. The second-order valence-electron chi connectivity index (χ2n) is 12.3. The van der Waals surface area contributed by atoms with Crippen LogP contribution in [0.1, 0.15) is 71.7 Å². The molecule has 0 saturated carbocycles. The van der Waals surface area contributed by atoms with E-state index in [4.69, 9.17) is 0 Å². The van der Waals surface area contributed by atoms with Crippen LogP contribution in [-0.2, 0) is 51.8 Å². The van der Waals surface area contributed by atoms with Crippen molar-refractivity contribution in [2.45, 2.75) is 83.8 Å². The van der Waals surface area contributed by atoms with Gasteiger partial charge in [0.05, 0.1) is 12.0 Å². The summed E-state index contributed by atoms with van der Waals surface area (Å²) in [6.07, 6.45) is 4.08. The number of allylic oxidation sites excluding steroid dienone is 1. The van der Waals surface area contributed by atoms with Gasteiger partial charge in [-0.15, -0.1) is 0 Å². The van der Waals surface area contributed by atoms with E-state index in [1.807, 2.05) is 33.8 Å². The van der Waals surface area contributed by atoms with Crippen LogP contribution < -0.4 is 10.6 Å². The summed E-state index contributed by atoms with van der Waals surface area (Å²) < 4.78 is 0. The van der Waals surface area contributed by atoms with Gasteiger partial charge in [-0.1, -0.05) is 19.6 Å². The van der Waals surface area contributed by atoms with E-state index in [0.29, 0.717) is 36.5 Å². The van der Waals surface area contributed by atoms with Crippen LogP contribution in [0.2, 0.25) is 0 Å². The number of carboxylic acid groups (broad SMARTS) is 1. The highest BCUT2D eigenvalue weighted by molar-refractivity contribution is 7.86. The summed E-state index contributed by atoms with van der Waals surface area (Å²) in [6, 6.07) is -0.191. The Morgan fingerprint density at radius 2 is 1.75 bits per heavy atom. The minimum atomic E-state index is -1.45. The summed E-state index contributed by atoms with van der Waals surface area (Å²) in [5.41, 5.74) is 9.88. The highest BCUT2D eigenvalue weighted by Gasteiger charge is 2.52. The Kier molecular flexibility index (Phi) is 9.29. The normalized spacial score (nSPS) is 24.0. The maximum absolute atomic E-state index is 12.6. The first-order valence-corrected chi connectivity index (χ1v) is 16.3. The zero-order valence-corrected chi connectivity index (χ0v) is 26.6. The van der Waals surface area contributed by atoms with Crippen LogP contribution in [0.15, 0.2) is 29.5 Å². The van der Waals surface area contributed by atoms with Crippen molar-refractivity contribution in [2.75, 3.05) is 5.75 Å². The predicted molar refractivity (Wildman–Crippen MR) is 171 cm³/mol. The van der Waals surface area contributed by atoms with Crippen molar-refractivity contribution in [3.05, 3.63) is 74.5 Å². The van der Waals surface area contributed by atoms with E-state index in [-0.39, 0.29) is 42.5 Å². The van der Waals surface area contributed by atoms with E-state index in [1.54, 1.807) is 6.08 Å². The van der Waals surface area contributed by atoms with Crippen LogP contribution in [-0.4, -0.2) is 66.4 Å². The molecule has 236 valence electrons. The summed E-state index contributed by atoms with van der Waals surface area (Å²) >= 11 is 1.37. The number of carbonyl (C=O) groups is 3. The molecule has 2 saturated heterocycles. The number of rotatable bonds is 13. The third kappa shape index (κ3) is 6.45. The van der Waals surface area contributed by atoms with E-state index >= 15 is 0 Å². The van der Waals surface area contributed by atoms with Gasteiger partial charge in [0.2, 0.25) is 5.91 Å². The van der Waals surface area contributed by atoms with Crippen molar-refractivity contribution < 1.29 is 29.7 Å². The zero-order chi connectivity index (χ0) is 31.9. The standard InChI is InChI=1S/C33H42N4O6S/c1-6-19-15(2)24(36-33(19)43)11-22-16(3)20(7-9-29(38)39)25(34-22)13-26-21(8-10-30(40)41)17(4)23(35-26)12-27-31(28-14-44-28)18(5)32(42)37-27/h6,12,18,24,28,30-31,34-35,40-41H,1,7-11,13-14H2,2-5H3,(H,36,43)(H,37,42)(H,38,39)/p+1/b27-12-/t18-,24-,28-,31-/m1/s1. The zero-order valence-electron chi connectivity index (χ0n) is 25.7. The topological polar surface area (TPSA) is 168 Å². The summed E-state index contributed by atoms with van der Waals surface area (Å²) in [5, 5.41) is 35.5. The van der Waals surface area contributed by atoms with Crippen LogP contribution in [0.3, 0.4) is 0 Å². The Morgan fingerprint density at radius 1 is 1.07 bits per heavy atom. The van der Waals surface area contributed by atoms with Crippen molar-refractivity contribution in [3.8, 4) is 0 Å². The molecule has 0 bridgehead atoms. The lowest BCUT2D eigenvalue weighted by Crippen LogP contribution is -2.30. The van der Waals surface area contributed by atoms with Gasteiger partial charge in [-0.25, -0.2) is 0 Å². The average molecular weight is 624 g/mol. The van der Waals surface area contributed by atoms with Gasteiger partial charge in [0, 0.05) is 65.6 Å². The van der Waals surface area contributed by atoms with E-state index in [1.165, 1.54) is 11.8 Å². The Morgan fingerprint density at radius 3 is 2.36 bits per heavy atom. The molecule has 2 aromatic rings. The first-order chi connectivity index (χ1) is 20.9. The SMILES string of the molecule is C=CC1=C(C)[C@@H](Cc2[nH]c(Cc3[nH]c(/C=C4\NC(=O)[C@H](C)[C@H]4[C@H]4C[SH+]4)c(C)c3CCC(O)O)c(CCC(=O)O)c2C)NC1=O. The molecule has 0 unspecified atom stereocenters. The van der Waals surface area contributed by atoms with Gasteiger partial charge in [0.25, 0.3) is 5.91 Å². The molecule has 7 N–H and O–H groups in total. The van der Waals surface area contributed by atoms with Gasteiger partial charge in [-0.3, -0.25) is 14.4 Å². The molecule has 4 atom stereocenters. The van der Waals surface area contributed by atoms with Crippen LogP contribution in [0.4, 0.5) is 0 Å². The first kappa shape index (κ1) is 31.9. The van der Waals surface area contributed by atoms with Gasteiger partial charge >= 0.3 is 5.97 Å². The summed E-state index contributed by atoms with van der Waals surface area (Å²) in [5.74, 6) is 0.187. The Labute approximate surface area is 261 Å². The average Bonchev–Trinajstić information content (AvgIpc) is 3.53. The van der Waals surface area contributed by atoms with Gasteiger partial charge in [-0.2, -0.15) is 0 Å². The molecule has 0 spiro atoms. The molecule has 0 aliphatic carbocycles. The number of hydrogen-bond donors (Lipinski definition) is 7. The maximum Gasteiger partial charge on any atom is 0.303 e. The second kappa shape index (κ2) is 12.8. The lowest BCUT2D eigenvalue weighted by molar-refractivity contribution is -0.137. The molecule has 3 aliphatic heterocycles. The molecule has 0 aromatic carbocycles. The van der Waals surface area contributed by atoms with Crippen molar-refractivity contribution in [1.82, 2.24) is 20.6 Å². The van der Waals surface area contributed by atoms with E-state index in [2.05, 4.69) is 27.2 Å². The summed E-state index contributed by atoms with van der Waals surface area (Å²) in [7, 11) is 0. The number of amides is 2. The Bertz CT molecular complexity index is 1560. The Balaban J connectivity index is 1.51. The number of carboxylic acids is 1. The van der Waals surface area contributed by atoms with E-state index < -0.39 is 12.3 Å². The molecule has 10 nitrogen and oxygen atoms in total. The smallest absolute Gasteiger partial charge is 0.303 e. The maximum atomic E-state index is 12.6. The Hall–Kier alpha value is -3.54. The number of hydrogen-bond acceptors (Lipinski definition) is 5. The molecular weight excluding hydrogens is 580 g/mol. The fourth-order valence-corrected chi connectivity index (χ4v) is 7.75. The third-order valence-corrected chi connectivity index (χ3v) is 10.6. The summed E-state index contributed by atoms with van der Waals surface area (Å²) in [4.78, 5) is 43.7. The quantitative estimate of drug-likeness (QED) is 0.0782. The number of aliphatic hydroxyl groups excluding tert-OH is 1. The largest absolute Gasteiger partial charge is 0.481 e. The van der Waals surface area contributed by atoms with Crippen LogP contribution >= 0.6 is 0 Å². The van der Waals surface area contributed by atoms with Crippen molar-refractivity contribution in [1.29, 1.82) is 0 Å². The minimum absolute atomic E-state index is 0.0186. The van der Waals surface area contributed by atoms with E-state index in [9.17, 15) is 29.7 Å². The van der Waals surface area contributed by atoms with Gasteiger partial charge < -0.3 is 35.9 Å². The minimum Gasteiger partial charge on any atom is -0.481 e. The molecular formula is C33H43N4O6S+. The number of H-pyrrole nitrogens is 2. The van der Waals surface area contributed by atoms with E-state index in [0.717, 1.165) is 62.1 Å². The second-order valence-corrected chi connectivity index (χ2v) is 13.7. The fraction of sp³-hybridized carbons (Fsp3) is 0.485. The number of aliphatic hydroxyl groups is 2. The number of carbonyl (C=O) groups excluding carboxylic acids is 2. The number of aromatic amines is 2. The van der Waals surface area contributed by atoms with Gasteiger partial charge in [-0.05, 0) is 79.3 Å². The lowest BCUT2D eigenvalue weighted by Gasteiger charge is -2.12. The molecule has 2 amide bonds. The molecule has 5 rings (SSSR count). The molecule has 44 heavy (non-hydrogen) atoms. The lowest BCUT2D eigenvalue weighted by atomic mass is 9.91. The number of aromatic nitrogens is 2. The third-order valence-electron chi connectivity index (χ3n) is 9.47. The molecule has 0 radical (unpaired) electrons. The van der Waals surface area contributed by atoms with Crippen LogP contribution in [0, 0.1) is 25.7 Å².